The number of likely N-dealkylation sites (tertiary alicyclic amines) is 1. The molecule has 1 aliphatic heterocycles. The highest BCUT2D eigenvalue weighted by atomic mass is 15.2. The summed E-state index contributed by atoms with van der Waals surface area (Å²) < 4.78 is 0. The highest BCUT2D eigenvalue weighted by Crippen LogP contribution is 2.49. The van der Waals surface area contributed by atoms with Gasteiger partial charge < -0.3 is 0 Å². The Morgan fingerprint density at radius 3 is 2.12 bits per heavy atom. The Morgan fingerprint density at radius 2 is 1.62 bits per heavy atom. The van der Waals surface area contributed by atoms with Crippen LogP contribution in [0.15, 0.2) is 0 Å². The van der Waals surface area contributed by atoms with Gasteiger partial charge in [0, 0.05) is 12.1 Å². The molecule has 0 bridgehead atoms. The van der Waals surface area contributed by atoms with Gasteiger partial charge in [0.05, 0.1) is 0 Å². The molecule has 1 saturated carbocycles. The average Bonchev–Trinajstić information content (AvgIpc) is 2.66. The summed E-state index contributed by atoms with van der Waals surface area (Å²) in [6.45, 7) is 10.9. The number of piperidine rings is 1. The zero-order chi connectivity index (χ0) is 11.8. The summed E-state index contributed by atoms with van der Waals surface area (Å²) in [7, 11) is 0. The van der Waals surface area contributed by atoms with Gasteiger partial charge in [-0.05, 0) is 57.4 Å². The highest BCUT2D eigenvalue weighted by Gasteiger charge is 2.42. The van der Waals surface area contributed by atoms with Crippen LogP contribution in [0.4, 0.5) is 0 Å². The molecule has 1 spiro atoms. The standard InChI is InChI=1S/C15H29N/c1-12(2)14-11-15(7-5-6-8-15)9-10-16(14)13(3)4/h12-14H,5-11H2,1-4H3. The van der Waals surface area contributed by atoms with Crippen LogP contribution in [-0.4, -0.2) is 23.5 Å². The molecule has 0 N–H and O–H groups in total. The first-order chi connectivity index (χ1) is 7.54. The second-order valence-corrected chi connectivity index (χ2v) is 6.80. The van der Waals surface area contributed by atoms with Gasteiger partial charge in [0.2, 0.25) is 0 Å². The van der Waals surface area contributed by atoms with E-state index in [2.05, 4.69) is 32.6 Å². The third-order valence-corrected chi connectivity index (χ3v) is 5.07. The molecular formula is C15H29N. The van der Waals surface area contributed by atoms with Gasteiger partial charge in [0.1, 0.15) is 0 Å². The molecule has 0 aromatic carbocycles. The maximum atomic E-state index is 2.76. The summed E-state index contributed by atoms with van der Waals surface area (Å²) in [4.78, 5) is 2.76. The van der Waals surface area contributed by atoms with Crippen molar-refractivity contribution in [3.05, 3.63) is 0 Å². The van der Waals surface area contributed by atoms with Crippen LogP contribution in [0.2, 0.25) is 0 Å². The van der Waals surface area contributed by atoms with Gasteiger partial charge in [0.15, 0.2) is 0 Å². The van der Waals surface area contributed by atoms with Gasteiger partial charge in [-0.2, -0.15) is 0 Å². The lowest BCUT2D eigenvalue weighted by Gasteiger charge is -2.48. The van der Waals surface area contributed by atoms with E-state index in [4.69, 9.17) is 0 Å². The van der Waals surface area contributed by atoms with E-state index in [0.29, 0.717) is 0 Å². The van der Waals surface area contributed by atoms with E-state index >= 15 is 0 Å². The van der Waals surface area contributed by atoms with E-state index in [1.165, 1.54) is 45.1 Å². The molecule has 2 aliphatic rings. The average molecular weight is 223 g/mol. The van der Waals surface area contributed by atoms with Crippen molar-refractivity contribution < 1.29 is 0 Å². The van der Waals surface area contributed by atoms with Crippen LogP contribution in [0, 0.1) is 11.3 Å². The zero-order valence-corrected chi connectivity index (χ0v) is 11.6. The molecule has 0 aromatic heterocycles. The summed E-state index contributed by atoms with van der Waals surface area (Å²) in [6, 6.07) is 1.57. The lowest BCUT2D eigenvalue weighted by molar-refractivity contribution is 0.00975. The Kier molecular flexibility index (Phi) is 3.63. The normalized spacial score (nSPS) is 30.8. The van der Waals surface area contributed by atoms with E-state index in [1.807, 2.05) is 0 Å². The Hall–Kier alpha value is -0.0400. The summed E-state index contributed by atoms with van der Waals surface area (Å²) in [5.74, 6) is 0.820. The number of rotatable bonds is 2. The van der Waals surface area contributed by atoms with Crippen molar-refractivity contribution in [1.82, 2.24) is 4.90 Å². The minimum atomic E-state index is 0.728. The van der Waals surface area contributed by atoms with Crippen molar-refractivity contribution in [2.75, 3.05) is 6.54 Å². The number of hydrogen-bond acceptors (Lipinski definition) is 1. The van der Waals surface area contributed by atoms with Crippen LogP contribution in [0.25, 0.3) is 0 Å². The fourth-order valence-electron chi connectivity index (χ4n) is 4.03. The first kappa shape index (κ1) is 12.4. The van der Waals surface area contributed by atoms with Crippen molar-refractivity contribution in [1.29, 1.82) is 0 Å². The van der Waals surface area contributed by atoms with Crippen molar-refractivity contribution in [3.63, 3.8) is 0 Å². The molecule has 1 atom stereocenters. The predicted molar refractivity (Wildman–Crippen MR) is 70.6 cm³/mol. The van der Waals surface area contributed by atoms with E-state index in [9.17, 15) is 0 Å². The fourth-order valence-corrected chi connectivity index (χ4v) is 4.03. The molecule has 94 valence electrons. The lowest BCUT2D eigenvalue weighted by atomic mass is 9.71. The van der Waals surface area contributed by atoms with E-state index in [-0.39, 0.29) is 0 Å². The van der Waals surface area contributed by atoms with Crippen molar-refractivity contribution >= 4 is 0 Å². The van der Waals surface area contributed by atoms with Gasteiger partial charge >= 0.3 is 0 Å². The van der Waals surface area contributed by atoms with Crippen LogP contribution in [0.1, 0.15) is 66.2 Å². The first-order valence-corrected chi connectivity index (χ1v) is 7.30. The number of nitrogens with zero attached hydrogens (tertiary/aromatic N) is 1. The molecular weight excluding hydrogens is 194 g/mol. The minimum absolute atomic E-state index is 0.728. The Labute approximate surface area is 102 Å². The quantitative estimate of drug-likeness (QED) is 0.682. The third kappa shape index (κ3) is 2.30. The SMILES string of the molecule is CC(C)C1CC2(CCCC2)CCN1C(C)C. The van der Waals surface area contributed by atoms with E-state index < -0.39 is 0 Å². The van der Waals surface area contributed by atoms with Crippen LogP contribution >= 0.6 is 0 Å². The molecule has 1 unspecified atom stereocenters. The second-order valence-electron chi connectivity index (χ2n) is 6.80. The van der Waals surface area contributed by atoms with Crippen molar-refractivity contribution in [2.45, 2.75) is 78.3 Å². The smallest absolute Gasteiger partial charge is 0.0126 e. The zero-order valence-electron chi connectivity index (χ0n) is 11.6. The third-order valence-electron chi connectivity index (χ3n) is 5.07. The molecule has 1 aliphatic carbocycles. The Bertz CT molecular complexity index is 226. The summed E-state index contributed by atoms with van der Waals surface area (Å²) in [5, 5.41) is 0. The van der Waals surface area contributed by atoms with Crippen LogP contribution in [-0.2, 0) is 0 Å². The summed E-state index contributed by atoms with van der Waals surface area (Å²) in [6.07, 6.45) is 8.96. The summed E-state index contributed by atoms with van der Waals surface area (Å²) in [5.41, 5.74) is 0.750. The second kappa shape index (κ2) is 4.68. The van der Waals surface area contributed by atoms with E-state index in [0.717, 1.165) is 23.4 Å². The molecule has 1 heteroatoms. The molecule has 2 fully saturated rings. The largest absolute Gasteiger partial charge is 0.298 e. The molecule has 0 amide bonds. The lowest BCUT2D eigenvalue weighted by Crippen LogP contribution is -2.51. The van der Waals surface area contributed by atoms with Crippen LogP contribution in [0.5, 0.6) is 0 Å². The monoisotopic (exact) mass is 223 g/mol. The van der Waals surface area contributed by atoms with Gasteiger partial charge in [-0.15, -0.1) is 0 Å². The highest BCUT2D eigenvalue weighted by molar-refractivity contribution is 4.96. The van der Waals surface area contributed by atoms with Gasteiger partial charge in [-0.25, -0.2) is 0 Å². The number of hydrogen-bond donors (Lipinski definition) is 0. The predicted octanol–water partition coefficient (Wildman–Crippen LogP) is 4.08. The van der Waals surface area contributed by atoms with Gasteiger partial charge in [-0.1, -0.05) is 26.7 Å². The fraction of sp³-hybridized carbons (Fsp3) is 1.00. The molecule has 1 nitrogen and oxygen atoms in total. The van der Waals surface area contributed by atoms with Crippen LogP contribution in [0.3, 0.4) is 0 Å². The maximum absolute atomic E-state index is 2.76. The van der Waals surface area contributed by atoms with Crippen LogP contribution < -0.4 is 0 Å². The van der Waals surface area contributed by atoms with Gasteiger partial charge in [-0.3, -0.25) is 4.90 Å². The topological polar surface area (TPSA) is 3.24 Å². The van der Waals surface area contributed by atoms with Crippen molar-refractivity contribution in [2.24, 2.45) is 11.3 Å². The molecule has 1 heterocycles. The molecule has 16 heavy (non-hydrogen) atoms. The summed E-state index contributed by atoms with van der Waals surface area (Å²) >= 11 is 0. The molecule has 0 radical (unpaired) electrons. The molecule has 1 saturated heterocycles. The van der Waals surface area contributed by atoms with Crippen molar-refractivity contribution in [3.8, 4) is 0 Å². The van der Waals surface area contributed by atoms with E-state index in [1.54, 1.807) is 0 Å². The minimum Gasteiger partial charge on any atom is -0.298 e. The molecule has 2 rings (SSSR count). The maximum Gasteiger partial charge on any atom is 0.0126 e. The van der Waals surface area contributed by atoms with Gasteiger partial charge in [0.25, 0.3) is 0 Å². The first-order valence-electron chi connectivity index (χ1n) is 7.30. The Morgan fingerprint density at radius 1 is 1.00 bits per heavy atom. The molecule has 0 aromatic rings. The Balaban J connectivity index is 2.08.